The van der Waals surface area contributed by atoms with E-state index in [-0.39, 0.29) is 24.4 Å². The van der Waals surface area contributed by atoms with Gasteiger partial charge in [0, 0.05) is 36.1 Å². The summed E-state index contributed by atoms with van der Waals surface area (Å²) in [5, 5.41) is 9.76. The molecule has 0 bridgehead atoms. The Balaban J connectivity index is 0.00000210. The number of carbonyl (C=O) groups is 1. The van der Waals surface area contributed by atoms with E-state index in [2.05, 4.69) is 17.3 Å². The first kappa shape index (κ1) is 20.1. The molecule has 1 saturated heterocycles. The van der Waals surface area contributed by atoms with Crippen molar-refractivity contribution in [3.8, 4) is 0 Å². The van der Waals surface area contributed by atoms with Crippen molar-refractivity contribution in [2.75, 3.05) is 19.6 Å². The first-order valence-electron chi connectivity index (χ1n) is 8.76. The van der Waals surface area contributed by atoms with Crippen LogP contribution in [-0.4, -0.2) is 46.3 Å². The number of carbonyl (C=O) groups excluding carboxylic acids is 1. The summed E-state index contributed by atoms with van der Waals surface area (Å²) in [6, 6.07) is 9.99. The number of nitrogens with one attached hydrogen (secondary N) is 1. The standard InChI is InChI=1S/C19H21ClN4OS.ClH/c1-12-10-21-7-8-23(12)18(25)17-9-15-13(2)22-24(19(15)26-17)11-14-5-3-4-6-16(14)20;/h3-6,9,12,21H,7-8,10-11H2,1-2H3;1H/t12-;/m0./s1. The summed E-state index contributed by atoms with van der Waals surface area (Å²) in [5.41, 5.74) is 1.96. The Hall–Kier alpha value is -1.60. The number of benzene rings is 1. The molecule has 4 rings (SSSR count). The molecular formula is C19H22Cl2N4OS. The monoisotopic (exact) mass is 424 g/mol. The third-order valence-corrected chi connectivity index (χ3v) is 6.36. The van der Waals surface area contributed by atoms with Gasteiger partial charge in [-0.2, -0.15) is 5.10 Å². The molecule has 1 aromatic carbocycles. The molecule has 0 aliphatic carbocycles. The van der Waals surface area contributed by atoms with Crippen LogP contribution >= 0.6 is 35.3 Å². The smallest absolute Gasteiger partial charge is 0.264 e. The average Bonchev–Trinajstić information content (AvgIpc) is 3.18. The molecule has 1 amide bonds. The van der Waals surface area contributed by atoms with Crippen molar-refractivity contribution in [3.05, 3.63) is 51.5 Å². The second-order valence-corrected chi connectivity index (χ2v) is 8.15. The van der Waals surface area contributed by atoms with Gasteiger partial charge in [0.2, 0.25) is 0 Å². The third-order valence-electron chi connectivity index (χ3n) is 4.86. The molecule has 3 heterocycles. The predicted molar refractivity (Wildman–Crippen MR) is 114 cm³/mol. The Morgan fingerprint density at radius 1 is 1.41 bits per heavy atom. The molecule has 1 aliphatic heterocycles. The number of fused-ring (bicyclic) bond motifs is 1. The zero-order valence-corrected chi connectivity index (χ0v) is 17.6. The Kier molecular flexibility index (Phi) is 6.11. The van der Waals surface area contributed by atoms with Crippen molar-refractivity contribution in [1.29, 1.82) is 0 Å². The average molecular weight is 425 g/mol. The van der Waals surface area contributed by atoms with Crippen molar-refractivity contribution in [1.82, 2.24) is 20.0 Å². The van der Waals surface area contributed by atoms with Crippen LogP contribution in [-0.2, 0) is 6.54 Å². The number of hydrogen-bond acceptors (Lipinski definition) is 4. The summed E-state index contributed by atoms with van der Waals surface area (Å²) in [6.07, 6.45) is 0. The highest BCUT2D eigenvalue weighted by molar-refractivity contribution is 7.20. The van der Waals surface area contributed by atoms with Gasteiger partial charge in [0.1, 0.15) is 4.83 Å². The number of rotatable bonds is 3. The molecular weight excluding hydrogens is 403 g/mol. The molecule has 3 aromatic rings. The van der Waals surface area contributed by atoms with Crippen LogP contribution < -0.4 is 5.32 Å². The predicted octanol–water partition coefficient (Wildman–Crippen LogP) is 3.96. The number of halogens is 2. The van der Waals surface area contributed by atoms with Gasteiger partial charge < -0.3 is 10.2 Å². The number of amides is 1. The van der Waals surface area contributed by atoms with Crippen LogP contribution in [0, 0.1) is 6.92 Å². The minimum Gasteiger partial charge on any atom is -0.333 e. The van der Waals surface area contributed by atoms with Gasteiger partial charge in [-0.3, -0.25) is 9.48 Å². The quantitative estimate of drug-likeness (QED) is 0.691. The number of nitrogens with zero attached hydrogens (tertiary/aromatic N) is 3. The highest BCUT2D eigenvalue weighted by Crippen LogP contribution is 2.30. The Labute approximate surface area is 173 Å². The van der Waals surface area contributed by atoms with Gasteiger partial charge in [0.05, 0.1) is 17.1 Å². The molecule has 0 unspecified atom stereocenters. The second kappa shape index (κ2) is 8.19. The number of aryl methyl sites for hydroxylation is 1. The van der Waals surface area contributed by atoms with Crippen LogP contribution in [0.4, 0.5) is 0 Å². The molecule has 144 valence electrons. The Morgan fingerprint density at radius 2 is 2.19 bits per heavy atom. The zero-order valence-electron chi connectivity index (χ0n) is 15.2. The molecule has 1 N–H and O–H groups in total. The lowest BCUT2D eigenvalue weighted by Crippen LogP contribution is -2.52. The summed E-state index contributed by atoms with van der Waals surface area (Å²) < 4.78 is 1.95. The molecule has 27 heavy (non-hydrogen) atoms. The fraction of sp³-hybridized carbons (Fsp3) is 0.368. The maximum Gasteiger partial charge on any atom is 0.264 e. The third kappa shape index (κ3) is 3.85. The molecule has 8 heteroatoms. The first-order valence-corrected chi connectivity index (χ1v) is 9.96. The van der Waals surface area contributed by atoms with Gasteiger partial charge >= 0.3 is 0 Å². The number of thiophene rings is 1. The number of hydrogen-bond donors (Lipinski definition) is 1. The van der Waals surface area contributed by atoms with E-state index in [4.69, 9.17) is 11.6 Å². The topological polar surface area (TPSA) is 50.2 Å². The van der Waals surface area contributed by atoms with Gasteiger partial charge in [0.25, 0.3) is 5.91 Å². The van der Waals surface area contributed by atoms with Crippen LogP contribution in [0.1, 0.15) is 27.9 Å². The van der Waals surface area contributed by atoms with E-state index < -0.39 is 0 Å². The van der Waals surface area contributed by atoms with E-state index in [9.17, 15) is 4.79 Å². The Bertz CT molecular complexity index is 968. The molecule has 2 aromatic heterocycles. The van der Waals surface area contributed by atoms with Crippen LogP contribution in [0.2, 0.25) is 5.02 Å². The highest BCUT2D eigenvalue weighted by atomic mass is 35.5. The largest absolute Gasteiger partial charge is 0.333 e. The van der Waals surface area contributed by atoms with Crippen LogP contribution in [0.5, 0.6) is 0 Å². The van der Waals surface area contributed by atoms with Crippen LogP contribution in [0.3, 0.4) is 0 Å². The summed E-state index contributed by atoms with van der Waals surface area (Å²) in [4.78, 5) is 16.7. The zero-order chi connectivity index (χ0) is 18.3. The first-order chi connectivity index (χ1) is 12.5. The van der Waals surface area contributed by atoms with Crippen molar-refractivity contribution in [2.24, 2.45) is 0 Å². The fourth-order valence-corrected chi connectivity index (χ4v) is 4.71. The van der Waals surface area contributed by atoms with E-state index in [0.717, 1.165) is 51.0 Å². The number of piperazine rings is 1. The molecule has 5 nitrogen and oxygen atoms in total. The van der Waals surface area contributed by atoms with E-state index in [1.54, 1.807) is 0 Å². The van der Waals surface area contributed by atoms with Crippen molar-refractivity contribution in [3.63, 3.8) is 0 Å². The SMILES string of the molecule is Cc1nn(Cc2ccccc2Cl)c2sc(C(=O)N3CCNC[C@@H]3C)cc12.Cl. The van der Waals surface area contributed by atoms with Gasteiger partial charge in [-0.05, 0) is 31.5 Å². The van der Waals surface area contributed by atoms with Gasteiger partial charge in [-0.15, -0.1) is 23.7 Å². The summed E-state index contributed by atoms with van der Waals surface area (Å²) >= 11 is 7.82. The summed E-state index contributed by atoms with van der Waals surface area (Å²) in [6.45, 7) is 7.11. The molecule has 0 radical (unpaired) electrons. The Morgan fingerprint density at radius 3 is 2.93 bits per heavy atom. The lowest BCUT2D eigenvalue weighted by Gasteiger charge is -2.33. The van der Waals surface area contributed by atoms with Gasteiger partial charge in [0.15, 0.2) is 0 Å². The lowest BCUT2D eigenvalue weighted by molar-refractivity contribution is 0.0661. The molecule has 1 fully saturated rings. The maximum absolute atomic E-state index is 13.0. The molecule has 1 aliphatic rings. The van der Waals surface area contributed by atoms with E-state index in [1.807, 2.05) is 46.8 Å². The van der Waals surface area contributed by atoms with E-state index in [0.29, 0.717) is 6.54 Å². The van der Waals surface area contributed by atoms with Crippen LogP contribution in [0.15, 0.2) is 30.3 Å². The summed E-state index contributed by atoms with van der Waals surface area (Å²) in [7, 11) is 0. The molecule has 0 saturated carbocycles. The number of aromatic nitrogens is 2. The van der Waals surface area contributed by atoms with Gasteiger partial charge in [-0.1, -0.05) is 29.8 Å². The summed E-state index contributed by atoms with van der Waals surface area (Å²) in [5.74, 6) is 0.115. The maximum atomic E-state index is 13.0. The second-order valence-electron chi connectivity index (χ2n) is 6.72. The van der Waals surface area contributed by atoms with Crippen molar-refractivity contribution < 1.29 is 4.79 Å². The molecule has 0 spiro atoms. The fourth-order valence-electron chi connectivity index (χ4n) is 3.40. The van der Waals surface area contributed by atoms with Crippen LogP contribution in [0.25, 0.3) is 10.2 Å². The van der Waals surface area contributed by atoms with Crippen molar-refractivity contribution >= 4 is 51.5 Å². The molecule has 1 atom stereocenters. The van der Waals surface area contributed by atoms with Crippen molar-refractivity contribution in [2.45, 2.75) is 26.4 Å². The minimum absolute atomic E-state index is 0. The van der Waals surface area contributed by atoms with E-state index >= 15 is 0 Å². The normalized spacial score (nSPS) is 17.1. The highest BCUT2D eigenvalue weighted by Gasteiger charge is 2.26. The van der Waals surface area contributed by atoms with E-state index in [1.165, 1.54) is 11.3 Å². The lowest BCUT2D eigenvalue weighted by atomic mass is 10.2. The van der Waals surface area contributed by atoms with Gasteiger partial charge in [-0.25, -0.2) is 0 Å². The minimum atomic E-state index is 0.